The van der Waals surface area contributed by atoms with E-state index in [0.717, 1.165) is 41.7 Å². The van der Waals surface area contributed by atoms with E-state index in [1.807, 2.05) is 36.4 Å². The summed E-state index contributed by atoms with van der Waals surface area (Å²) in [4.78, 5) is 11.0. The van der Waals surface area contributed by atoms with Gasteiger partial charge < -0.3 is 14.2 Å². The van der Waals surface area contributed by atoms with E-state index in [1.54, 1.807) is 0 Å². The van der Waals surface area contributed by atoms with Crippen molar-refractivity contribution in [2.24, 2.45) is 0 Å². The molecule has 2 aromatic carbocycles. The Morgan fingerprint density at radius 1 is 0.759 bits per heavy atom. The maximum atomic E-state index is 11.0. The smallest absolute Gasteiger partial charge is 0.330 e. The van der Waals surface area contributed by atoms with Gasteiger partial charge in [0, 0.05) is 6.08 Å². The summed E-state index contributed by atoms with van der Waals surface area (Å²) in [6.45, 7) is 6.87. The van der Waals surface area contributed by atoms with E-state index in [1.165, 1.54) is 32.1 Å². The molecule has 0 saturated carbocycles. The van der Waals surface area contributed by atoms with Gasteiger partial charge in [0.05, 0.1) is 6.61 Å². The first-order chi connectivity index (χ1) is 14.2. The van der Waals surface area contributed by atoms with Crippen LogP contribution in [0.15, 0.2) is 61.2 Å². The second-order valence-corrected chi connectivity index (χ2v) is 6.89. The summed E-state index contributed by atoms with van der Waals surface area (Å²) in [5, 5.41) is 0. The molecule has 4 nitrogen and oxygen atoms in total. The van der Waals surface area contributed by atoms with Crippen molar-refractivity contribution < 1.29 is 19.0 Å². The van der Waals surface area contributed by atoms with Gasteiger partial charge in [0.15, 0.2) is 0 Å². The predicted octanol–water partition coefficient (Wildman–Crippen LogP) is 6.20. The Hall–Kier alpha value is -2.75. The molecular weight excluding hydrogens is 364 g/mol. The van der Waals surface area contributed by atoms with Crippen molar-refractivity contribution in [3.63, 3.8) is 0 Å². The van der Waals surface area contributed by atoms with Crippen LogP contribution in [-0.2, 0) is 9.53 Å². The van der Waals surface area contributed by atoms with Gasteiger partial charge in [-0.05, 0) is 41.8 Å². The molecule has 0 N–H and O–H groups in total. The number of hydrogen-bond donors (Lipinski definition) is 0. The highest BCUT2D eigenvalue weighted by Gasteiger charge is 2.01. The first kappa shape index (κ1) is 22.5. The second kappa shape index (κ2) is 13.4. The average molecular weight is 397 g/mol. The topological polar surface area (TPSA) is 44.8 Å². The lowest BCUT2D eigenvalue weighted by molar-refractivity contribution is -0.138. The summed E-state index contributed by atoms with van der Waals surface area (Å²) in [5.41, 5.74) is 2.24. The van der Waals surface area contributed by atoms with Crippen molar-refractivity contribution in [2.45, 2.75) is 45.4 Å². The van der Waals surface area contributed by atoms with Crippen molar-refractivity contribution in [3.8, 4) is 22.6 Å². The molecule has 0 spiro atoms. The third-order valence-electron chi connectivity index (χ3n) is 4.57. The minimum absolute atomic E-state index is 0.201. The molecule has 0 aliphatic heterocycles. The molecule has 0 unspecified atom stereocenters. The number of unbranched alkanes of at least 4 members (excludes halogenated alkanes) is 5. The van der Waals surface area contributed by atoms with Crippen LogP contribution in [0, 0.1) is 0 Å². The fraction of sp³-hybridized carbons (Fsp3) is 0.400. The van der Waals surface area contributed by atoms with Gasteiger partial charge in [0.1, 0.15) is 24.7 Å². The maximum absolute atomic E-state index is 11.0. The van der Waals surface area contributed by atoms with E-state index in [0.29, 0.717) is 6.61 Å². The number of benzene rings is 2. The Bertz CT molecular complexity index is 719. The van der Waals surface area contributed by atoms with E-state index in [4.69, 9.17) is 14.2 Å². The molecule has 0 saturated heterocycles. The molecule has 0 radical (unpaired) electrons. The number of rotatable bonds is 14. The van der Waals surface area contributed by atoms with Crippen LogP contribution in [0.3, 0.4) is 0 Å². The van der Waals surface area contributed by atoms with Gasteiger partial charge in [0.2, 0.25) is 0 Å². The van der Waals surface area contributed by atoms with Crippen LogP contribution >= 0.6 is 0 Å². The zero-order valence-corrected chi connectivity index (χ0v) is 17.4. The van der Waals surface area contributed by atoms with Crippen molar-refractivity contribution in [1.82, 2.24) is 0 Å². The Morgan fingerprint density at radius 3 is 1.83 bits per heavy atom. The number of carbonyl (C=O) groups is 1. The molecule has 29 heavy (non-hydrogen) atoms. The van der Waals surface area contributed by atoms with Gasteiger partial charge in [-0.25, -0.2) is 4.79 Å². The molecule has 0 aliphatic rings. The first-order valence-electron chi connectivity index (χ1n) is 10.5. The molecule has 0 amide bonds. The van der Waals surface area contributed by atoms with Gasteiger partial charge in [-0.2, -0.15) is 0 Å². The SMILES string of the molecule is C=CC(=O)OCCOc1ccc(-c2ccc(OCCCCCCCC)cc2)cc1. The minimum atomic E-state index is -0.441. The van der Waals surface area contributed by atoms with Gasteiger partial charge in [-0.15, -0.1) is 0 Å². The predicted molar refractivity (Wildman–Crippen MR) is 117 cm³/mol. The van der Waals surface area contributed by atoms with Gasteiger partial charge in [-0.1, -0.05) is 69.9 Å². The standard InChI is InChI=1S/C25H32O4/c1-3-5-6-7-8-9-18-27-23-14-10-21(11-15-23)22-12-16-24(17-13-22)28-19-20-29-25(26)4-2/h4,10-17H,2-3,5-9,18-20H2,1H3. The zero-order valence-electron chi connectivity index (χ0n) is 17.4. The summed E-state index contributed by atoms with van der Waals surface area (Å²) in [7, 11) is 0. The summed E-state index contributed by atoms with van der Waals surface area (Å²) in [5.74, 6) is 1.21. The van der Waals surface area contributed by atoms with Crippen molar-refractivity contribution in [2.75, 3.05) is 19.8 Å². The monoisotopic (exact) mass is 396 g/mol. The molecule has 2 aromatic rings. The number of hydrogen-bond acceptors (Lipinski definition) is 4. The fourth-order valence-electron chi connectivity index (χ4n) is 2.92. The highest BCUT2D eigenvalue weighted by atomic mass is 16.6. The van der Waals surface area contributed by atoms with Crippen LogP contribution < -0.4 is 9.47 Å². The second-order valence-electron chi connectivity index (χ2n) is 6.89. The average Bonchev–Trinajstić information content (AvgIpc) is 2.77. The molecule has 2 rings (SSSR count). The van der Waals surface area contributed by atoms with E-state index in [9.17, 15) is 4.79 Å². The lowest BCUT2D eigenvalue weighted by Crippen LogP contribution is -2.10. The summed E-state index contributed by atoms with van der Waals surface area (Å²) >= 11 is 0. The molecule has 4 heteroatoms. The Morgan fingerprint density at radius 2 is 1.28 bits per heavy atom. The van der Waals surface area contributed by atoms with Crippen LogP contribution in [0.4, 0.5) is 0 Å². The normalized spacial score (nSPS) is 10.4. The molecule has 0 aliphatic carbocycles. The van der Waals surface area contributed by atoms with Crippen LogP contribution in [-0.4, -0.2) is 25.8 Å². The van der Waals surface area contributed by atoms with Crippen LogP contribution in [0.5, 0.6) is 11.5 Å². The van der Waals surface area contributed by atoms with Gasteiger partial charge >= 0.3 is 5.97 Å². The lowest BCUT2D eigenvalue weighted by Gasteiger charge is -2.09. The Labute approximate surface area is 174 Å². The third kappa shape index (κ3) is 8.86. The summed E-state index contributed by atoms with van der Waals surface area (Å²) in [6, 6.07) is 16.0. The largest absolute Gasteiger partial charge is 0.494 e. The first-order valence-corrected chi connectivity index (χ1v) is 10.5. The van der Waals surface area contributed by atoms with Crippen molar-refractivity contribution >= 4 is 5.97 Å². The summed E-state index contributed by atoms with van der Waals surface area (Å²) in [6.07, 6.45) is 8.74. The molecule has 0 bridgehead atoms. The van der Waals surface area contributed by atoms with E-state index >= 15 is 0 Å². The molecular formula is C25H32O4. The third-order valence-corrected chi connectivity index (χ3v) is 4.57. The Balaban J connectivity index is 1.72. The number of carbonyl (C=O) groups excluding carboxylic acids is 1. The molecule has 0 heterocycles. The van der Waals surface area contributed by atoms with Crippen molar-refractivity contribution in [3.05, 3.63) is 61.2 Å². The molecule has 0 aromatic heterocycles. The maximum Gasteiger partial charge on any atom is 0.330 e. The highest BCUT2D eigenvalue weighted by Crippen LogP contribution is 2.24. The van der Waals surface area contributed by atoms with Crippen LogP contribution in [0.1, 0.15) is 45.4 Å². The molecule has 0 fully saturated rings. The highest BCUT2D eigenvalue weighted by molar-refractivity contribution is 5.81. The molecule has 0 atom stereocenters. The van der Waals surface area contributed by atoms with Gasteiger partial charge in [0.25, 0.3) is 0 Å². The van der Waals surface area contributed by atoms with E-state index in [-0.39, 0.29) is 6.61 Å². The number of ether oxygens (including phenoxy) is 3. The zero-order chi connectivity index (χ0) is 20.7. The van der Waals surface area contributed by atoms with E-state index < -0.39 is 5.97 Å². The van der Waals surface area contributed by atoms with E-state index in [2.05, 4.69) is 25.6 Å². The minimum Gasteiger partial charge on any atom is -0.494 e. The number of esters is 1. The van der Waals surface area contributed by atoms with Crippen LogP contribution in [0.25, 0.3) is 11.1 Å². The van der Waals surface area contributed by atoms with Crippen molar-refractivity contribution in [1.29, 1.82) is 0 Å². The summed E-state index contributed by atoms with van der Waals surface area (Å²) < 4.78 is 16.3. The molecule has 156 valence electrons. The fourth-order valence-corrected chi connectivity index (χ4v) is 2.92. The lowest BCUT2D eigenvalue weighted by atomic mass is 10.1. The Kier molecular flexibility index (Phi) is 10.4. The van der Waals surface area contributed by atoms with Gasteiger partial charge in [-0.3, -0.25) is 0 Å². The quantitative estimate of drug-likeness (QED) is 0.217. The van der Waals surface area contributed by atoms with Crippen LogP contribution in [0.2, 0.25) is 0 Å².